The number of hydrogen-bond donors (Lipinski definition) is 2. The predicted molar refractivity (Wildman–Crippen MR) is 126 cm³/mol. The molecule has 0 spiro atoms. The Hall–Kier alpha value is -4.46. The van der Waals surface area contributed by atoms with Crippen molar-refractivity contribution in [3.05, 3.63) is 96.1 Å². The molecule has 0 aliphatic heterocycles. The second-order valence-electron chi connectivity index (χ2n) is 7.76. The monoisotopic (exact) mass is 458 g/mol. The minimum Gasteiger partial charge on any atom is -0.484 e. The Labute approximate surface area is 196 Å². The number of nitrogens with two attached hydrogens (primary N) is 1. The molecule has 0 fully saturated rings. The van der Waals surface area contributed by atoms with Gasteiger partial charge in [-0.05, 0) is 46.5 Å². The molecule has 0 aliphatic rings. The molecule has 0 bridgehead atoms. The number of amides is 2. The number of nitrogens with one attached hydrogen (secondary N) is 1. The molecular weight excluding hydrogens is 435 g/mol. The van der Waals surface area contributed by atoms with Crippen LogP contribution < -0.4 is 15.8 Å². The summed E-state index contributed by atoms with van der Waals surface area (Å²) < 4.78 is 21.2. The lowest BCUT2D eigenvalue weighted by atomic mass is 10.0. The lowest BCUT2D eigenvalue weighted by Crippen LogP contribution is -2.23. The second kappa shape index (κ2) is 9.99. The van der Waals surface area contributed by atoms with Crippen LogP contribution in [0.2, 0.25) is 0 Å². The number of hydrogen-bond acceptors (Lipinski definition) is 4. The van der Waals surface area contributed by atoms with Crippen molar-refractivity contribution in [2.75, 3.05) is 6.61 Å². The molecule has 0 aliphatic carbocycles. The standard InChI is InChI=1S/C26H23FN4O3/c1-31-15-21(14-30-31)20-8-11-24(27)23(12-20)26(33)29-13-17-2-4-18(5-3-17)19-6-9-22(10-7-19)34-16-25(28)32/h2-12,14-15H,13,16H2,1H3,(H2,28,32)(H,29,33). The van der Waals surface area contributed by atoms with Crippen LogP contribution in [0, 0.1) is 5.82 Å². The Balaban J connectivity index is 1.39. The van der Waals surface area contributed by atoms with Crippen LogP contribution in [-0.4, -0.2) is 28.2 Å². The van der Waals surface area contributed by atoms with Gasteiger partial charge in [-0.15, -0.1) is 0 Å². The van der Waals surface area contributed by atoms with E-state index >= 15 is 0 Å². The highest BCUT2D eigenvalue weighted by atomic mass is 19.1. The number of nitrogens with zero attached hydrogens (tertiary/aromatic N) is 2. The van der Waals surface area contributed by atoms with Gasteiger partial charge in [0.2, 0.25) is 0 Å². The van der Waals surface area contributed by atoms with Crippen LogP contribution in [0.3, 0.4) is 0 Å². The summed E-state index contributed by atoms with van der Waals surface area (Å²) in [4.78, 5) is 23.4. The molecule has 0 saturated heterocycles. The Morgan fingerprint density at radius 2 is 1.62 bits per heavy atom. The van der Waals surface area contributed by atoms with Gasteiger partial charge < -0.3 is 15.8 Å². The van der Waals surface area contributed by atoms with E-state index in [1.54, 1.807) is 42.3 Å². The third-order valence-electron chi connectivity index (χ3n) is 5.22. The van der Waals surface area contributed by atoms with Crippen molar-refractivity contribution in [1.29, 1.82) is 0 Å². The first-order chi connectivity index (χ1) is 16.4. The summed E-state index contributed by atoms with van der Waals surface area (Å²) >= 11 is 0. The average Bonchev–Trinajstić information content (AvgIpc) is 3.28. The number of halogens is 1. The van der Waals surface area contributed by atoms with Crippen LogP contribution in [0.5, 0.6) is 5.75 Å². The van der Waals surface area contributed by atoms with Gasteiger partial charge in [0.15, 0.2) is 6.61 Å². The fraction of sp³-hybridized carbons (Fsp3) is 0.115. The van der Waals surface area contributed by atoms with E-state index in [0.29, 0.717) is 5.75 Å². The fourth-order valence-corrected chi connectivity index (χ4v) is 3.44. The molecule has 34 heavy (non-hydrogen) atoms. The second-order valence-corrected chi connectivity index (χ2v) is 7.76. The van der Waals surface area contributed by atoms with Crippen molar-refractivity contribution in [3.63, 3.8) is 0 Å². The number of carbonyl (C=O) groups is 2. The van der Waals surface area contributed by atoms with Gasteiger partial charge in [0.1, 0.15) is 11.6 Å². The van der Waals surface area contributed by atoms with Crippen LogP contribution in [-0.2, 0) is 18.4 Å². The van der Waals surface area contributed by atoms with Crippen molar-refractivity contribution in [1.82, 2.24) is 15.1 Å². The topological polar surface area (TPSA) is 99.2 Å². The molecule has 1 heterocycles. The van der Waals surface area contributed by atoms with Crippen molar-refractivity contribution < 1.29 is 18.7 Å². The zero-order chi connectivity index (χ0) is 24.1. The van der Waals surface area contributed by atoms with E-state index in [4.69, 9.17) is 10.5 Å². The van der Waals surface area contributed by atoms with Gasteiger partial charge in [-0.3, -0.25) is 14.3 Å². The van der Waals surface area contributed by atoms with Gasteiger partial charge in [-0.25, -0.2) is 4.39 Å². The highest BCUT2D eigenvalue weighted by molar-refractivity contribution is 5.95. The first-order valence-corrected chi connectivity index (χ1v) is 10.6. The number of carbonyl (C=O) groups excluding carboxylic acids is 2. The third kappa shape index (κ3) is 5.47. The zero-order valence-electron chi connectivity index (χ0n) is 18.5. The van der Waals surface area contributed by atoms with Gasteiger partial charge in [0.25, 0.3) is 11.8 Å². The molecule has 1 aromatic heterocycles. The minimum atomic E-state index is -0.580. The maximum atomic E-state index is 14.3. The highest BCUT2D eigenvalue weighted by Gasteiger charge is 2.14. The normalized spacial score (nSPS) is 10.6. The molecule has 4 aromatic rings. The first-order valence-electron chi connectivity index (χ1n) is 10.6. The molecule has 7 nitrogen and oxygen atoms in total. The number of aryl methyl sites for hydroxylation is 1. The first kappa shape index (κ1) is 22.7. The van der Waals surface area contributed by atoms with E-state index in [0.717, 1.165) is 27.8 Å². The van der Waals surface area contributed by atoms with Crippen LogP contribution in [0.25, 0.3) is 22.3 Å². The van der Waals surface area contributed by atoms with Gasteiger partial charge in [-0.2, -0.15) is 5.10 Å². The maximum absolute atomic E-state index is 14.3. The van der Waals surface area contributed by atoms with Crippen LogP contribution in [0.1, 0.15) is 15.9 Å². The SMILES string of the molecule is Cn1cc(-c2ccc(F)c(C(=O)NCc3ccc(-c4ccc(OCC(N)=O)cc4)cc3)c2)cn1. The van der Waals surface area contributed by atoms with E-state index < -0.39 is 17.6 Å². The van der Waals surface area contributed by atoms with Gasteiger partial charge in [0, 0.05) is 25.4 Å². The van der Waals surface area contributed by atoms with E-state index in [2.05, 4.69) is 10.4 Å². The summed E-state index contributed by atoms with van der Waals surface area (Å²) in [6.45, 7) is 0.0903. The minimum absolute atomic E-state index is 0.0170. The van der Waals surface area contributed by atoms with E-state index in [-0.39, 0.29) is 18.7 Å². The predicted octanol–water partition coefficient (Wildman–Crippen LogP) is 3.69. The van der Waals surface area contributed by atoms with E-state index in [1.165, 1.54) is 12.1 Å². The average molecular weight is 458 g/mol. The molecule has 3 N–H and O–H groups in total. The van der Waals surface area contributed by atoms with Crippen LogP contribution in [0.4, 0.5) is 4.39 Å². The van der Waals surface area contributed by atoms with Crippen LogP contribution >= 0.6 is 0 Å². The number of benzene rings is 3. The molecule has 0 unspecified atom stereocenters. The Morgan fingerprint density at radius 3 is 2.24 bits per heavy atom. The van der Waals surface area contributed by atoms with E-state index in [9.17, 15) is 14.0 Å². The molecule has 4 rings (SSSR count). The summed E-state index contributed by atoms with van der Waals surface area (Å²) in [7, 11) is 1.79. The maximum Gasteiger partial charge on any atom is 0.255 e. The highest BCUT2D eigenvalue weighted by Crippen LogP contribution is 2.24. The van der Waals surface area contributed by atoms with Gasteiger partial charge >= 0.3 is 0 Å². The Morgan fingerprint density at radius 1 is 0.971 bits per heavy atom. The molecule has 0 saturated carbocycles. The zero-order valence-corrected chi connectivity index (χ0v) is 18.5. The number of ether oxygens (including phenoxy) is 1. The van der Waals surface area contributed by atoms with Gasteiger partial charge in [-0.1, -0.05) is 42.5 Å². The van der Waals surface area contributed by atoms with E-state index in [1.807, 2.05) is 36.4 Å². The summed E-state index contributed by atoms with van der Waals surface area (Å²) in [5.74, 6) is -1.04. The molecular formula is C26H23FN4O3. The molecule has 8 heteroatoms. The number of primary amides is 1. The van der Waals surface area contributed by atoms with Gasteiger partial charge in [0.05, 0.1) is 11.8 Å². The quantitative estimate of drug-likeness (QED) is 0.421. The Bertz CT molecular complexity index is 1310. The molecule has 0 radical (unpaired) electrons. The summed E-state index contributed by atoms with van der Waals surface area (Å²) in [5.41, 5.74) is 9.41. The summed E-state index contributed by atoms with van der Waals surface area (Å²) in [5, 5.41) is 6.89. The Kier molecular flexibility index (Phi) is 6.68. The lowest BCUT2D eigenvalue weighted by molar-refractivity contribution is -0.119. The number of aromatic nitrogens is 2. The van der Waals surface area contributed by atoms with Crippen LogP contribution in [0.15, 0.2) is 79.1 Å². The van der Waals surface area contributed by atoms with Crippen molar-refractivity contribution in [3.8, 4) is 28.0 Å². The van der Waals surface area contributed by atoms with Crippen molar-refractivity contribution in [2.45, 2.75) is 6.54 Å². The molecule has 3 aromatic carbocycles. The van der Waals surface area contributed by atoms with Crippen molar-refractivity contribution >= 4 is 11.8 Å². The molecule has 172 valence electrons. The summed E-state index contributed by atoms with van der Waals surface area (Å²) in [6, 6.07) is 19.4. The molecule has 0 atom stereocenters. The summed E-state index contributed by atoms with van der Waals surface area (Å²) in [6.07, 6.45) is 3.47. The largest absolute Gasteiger partial charge is 0.484 e. The van der Waals surface area contributed by atoms with Crippen molar-refractivity contribution in [2.24, 2.45) is 12.8 Å². The smallest absolute Gasteiger partial charge is 0.255 e. The number of rotatable bonds is 8. The third-order valence-corrected chi connectivity index (χ3v) is 5.22. The lowest BCUT2D eigenvalue weighted by Gasteiger charge is -2.09. The molecule has 2 amide bonds. The fourth-order valence-electron chi connectivity index (χ4n) is 3.44.